The van der Waals surface area contributed by atoms with E-state index >= 15 is 0 Å². The van der Waals surface area contributed by atoms with E-state index in [1.54, 1.807) is 18.3 Å². The van der Waals surface area contributed by atoms with E-state index in [9.17, 15) is 10.1 Å². The zero-order valence-corrected chi connectivity index (χ0v) is 10.1. The third-order valence-electron chi connectivity index (χ3n) is 2.84. The number of aryl methyl sites for hydroxylation is 2. The summed E-state index contributed by atoms with van der Waals surface area (Å²) in [5.74, 6) is 0. The molecular weight excluding hydrogens is 234 g/mol. The van der Waals surface area contributed by atoms with Gasteiger partial charge in [-0.15, -0.1) is 0 Å². The van der Waals surface area contributed by atoms with Crippen molar-refractivity contribution in [1.29, 1.82) is 0 Å². The second-order valence-electron chi connectivity index (χ2n) is 4.09. The van der Waals surface area contributed by atoms with Crippen molar-refractivity contribution in [3.8, 4) is 5.69 Å². The van der Waals surface area contributed by atoms with Gasteiger partial charge >= 0.3 is 0 Å². The van der Waals surface area contributed by atoms with Crippen LogP contribution in [0.1, 0.15) is 16.8 Å². The van der Waals surface area contributed by atoms with Gasteiger partial charge in [-0.3, -0.25) is 10.1 Å². The molecule has 0 unspecified atom stereocenters. The first-order valence-corrected chi connectivity index (χ1v) is 5.44. The number of nitrogens with zero attached hydrogens (tertiary/aromatic N) is 3. The highest BCUT2D eigenvalue weighted by Gasteiger charge is 2.17. The highest BCUT2D eigenvalue weighted by atomic mass is 16.6. The highest BCUT2D eigenvalue weighted by Crippen LogP contribution is 2.26. The first kappa shape index (κ1) is 12.3. The lowest BCUT2D eigenvalue weighted by molar-refractivity contribution is -0.384. The minimum Gasteiger partial charge on any atom is -0.390 e. The van der Waals surface area contributed by atoms with Gasteiger partial charge in [0.15, 0.2) is 0 Å². The van der Waals surface area contributed by atoms with Crippen molar-refractivity contribution in [2.75, 3.05) is 0 Å². The van der Waals surface area contributed by atoms with Crippen LogP contribution in [0.15, 0.2) is 24.4 Å². The summed E-state index contributed by atoms with van der Waals surface area (Å²) in [4.78, 5) is 10.6. The Morgan fingerprint density at radius 3 is 2.61 bits per heavy atom. The van der Waals surface area contributed by atoms with Crippen LogP contribution in [0.25, 0.3) is 5.69 Å². The molecule has 0 fully saturated rings. The molecule has 0 saturated heterocycles. The molecule has 0 aliphatic carbocycles. The fourth-order valence-corrected chi connectivity index (χ4v) is 1.70. The molecule has 0 aliphatic heterocycles. The summed E-state index contributed by atoms with van der Waals surface area (Å²) in [6, 6.07) is 4.88. The number of hydrogen-bond acceptors (Lipinski definition) is 4. The normalized spacial score (nSPS) is 10.6. The van der Waals surface area contributed by atoms with Crippen LogP contribution in [0.5, 0.6) is 0 Å². The smallest absolute Gasteiger partial charge is 0.295 e. The first-order chi connectivity index (χ1) is 8.52. The Morgan fingerprint density at radius 2 is 2.06 bits per heavy atom. The van der Waals surface area contributed by atoms with Crippen LogP contribution in [0.4, 0.5) is 5.69 Å². The first-order valence-electron chi connectivity index (χ1n) is 5.44. The second-order valence-corrected chi connectivity index (χ2v) is 4.09. The Bertz CT molecular complexity index is 605. The van der Waals surface area contributed by atoms with Crippen molar-refractivity contribution in [3.05, 3.63) is 51.3 Å². The minimum absolute atomic E-state index is 0.00527. The van der Waals surface area contributed by atoms with Crippen molar-refractivity contribution in [2.45, 2.75) is 20.5 Å². The largest absolute Gasteiger partial charge is 0.390 e. The molecule has 0 saturated carbocycles. The summed E-state index contributed by atoms with van der Waals surface area (Å²) in [5, 5.41) is 24.1. The molecule has 94 valence electrons. The molecule has 0 amide bonds. The molecule has 0 radical (unpaired) electrons. The molecule has 18 heavy (non-hydrogen) atoms. The van der Waals surface area contributed by atoms with Gasteiger partial charge in [0.1, 0.15) is 5.69 Å². The second kappa shape index (κ2) is 4.58. The van der Waals surface area contributed by atoms with Gasteiger partial charge in [-0.25, -0.2) is 4.68 Å². The van der Waals surface area contributed by atoms with E-state index in [4.69, 9.17) is 5.11 Å². The van der Waals surface area contributed by atoms with E-state index < -0.39 is 4.92 Å². The third kappa shape index (κ3) is 2.10. The van der Waals surface area contributed by atoms with Crippen molar-refractivity contribution in [2.24, 2.45) is 0 Å². The van der Waals surface area contributed by atoms with Gasteiger partial charge in [-0.05, 0) is 37.1 Å². The Morgan fingerprint density at radius 1 is 1.39 bits per heavy atom. The number of nitro benzene ring substituents is 1. The Balaban J connectivity index is 2.61. The van der Waals surface area contributed by atoms with Gasteiger partial charge in [0, 0.05) is 12.3 Å². The number of aliphatic hydroxyl groups is 1. The number of benzene rings is 1. The fourth-order valence-electron chi connectivity index (χ4n) is 1.70. The summed E-state index contributed by atoms with van der Waals surface area (Å²) in [7, 11) is 0. The average Bonchev–Trinajstić information content (AvgIpc) is 2.80. The summed E-state index contributed by atoms with van der Waals surface area (Å²) in [5.41, 5.74) is 2.70. The summed E-state index contributed by atoms with van der Waals surface area (Å²) in [6.07, 6.45) is 1.60. The molecule has 6 heteroatoms. The van der Waals surface area contributed by atoms with Crippen LogP contribution in [0, 0.1) is 24.0 Å². The van der Waals surface area contributed by atoms with Crippen molar-refractivity contribution in [1.82, 2.24) is 9.78 Å². The maximum absolute atomic E-state index is 11.1. The van der Waals surface area contributed by atoms with Crippen LogP contribution in [-0.2, 0) is 6.61 Å². The molecule has 2 aromatic rings. The summed E-state index contributed by atoms with van der Waals surface area (Å²) in [6.45, 7) is 3.53. The van der Waals surface area contributed by atoms with Gasteiger partial charge < -0.3 is 5.11 Å². The zero-order chi connectivity index (χ0) is 13.3. The number of aromatic nitrogens is 2. The van der Waals surface area contributed by atoms with Gasteiger partial charge in [0.05, 0.1) is 17.2 Å². The van der Waals surface area contributed by atoms with Gasteiger partial charge in [-0.2, -0.15) is 5.10 Å². The van der Waals surface area contributed by atoms with Crippen LogP contribution >= 0.6 is 0 Å². The monoisotopic (exact) mass is 247 g/mol. The Labute approximate surface area is 104 Å². The summed E-state index contributed by atoms with van der Waals surface area (Å²) >= 11 is 0. The molecule has 1 heterocycles. The van der Waals surface area contributed by atoms with Crippen LogP contribution < -0.4 is 0 Å². The van der Waals surface area contributed by atoms with Gasteiger partial charge in [0.2, 0.25) is 0 Å². The summed E-state index contributed by atoms with van der Waals surface area (Å²) < 4.78 is 1.41. The lowest BCUT2D eigenvalue weighted by Crippen LogP contribution is -2.03. The number of hydrogen-bond donors (Lipinski definition) is 1. The highest BCUT2D eigenvalue weighted by molar-refractivity contribution is 5.56. The number of aliphatic hydroxyl groups excluding tert-OH is 1. The Kier molecular flexibility index (Phi) is 3.12. The zero-order valence-electron chi connectivity index (χ0n) is 10.1. The SMILES string of the molecule is Cc1cc(-n2ccc(CO)n2)c([N+](=O)[O-])cc1C. The predicted molar refractivity (Wildman–Crippen MR) is 65.6 cm³/mol. The average molecular weight is 247 g/mol. The van der Waals surface area contributed by atoms with E-state index in [0.29, 0.717) is 11.4 Å². The fraction of sp³-hybridized carbons (Fsp3) is 0.250. The lowest BCUT2D eigenvalue weighted by Gasteiger charge is -2.06. The van der Waals surface area contributed by atoms with E-state index in [0.717, 1.165) is 11.1 Å². The van der Waals surface area contributed by atoms with E-state index in [1.807, 2.05) is 13.8 Å². The third-order valence-corrected chi connectivity index (χ3v) is 2.84. The van der Waals surface area contributed by atoms with Gasteiger partial charge in [0.25, 0.3) is 5.69 Å². The quantitative estimate of drug-likeness (QED) is 0.663. The molecule has 1 aromatic heterocycles. The minimum atomic E-state index is -0.428. The molecular formula is C12H13N3O3. The van der Waals surface area contributed by atoms with E-state index in [2.05, 4.69) is 5.10 Å². The van der Waals surface area contributed by atoms with Crippen LogP contribution in [0.2, 0.25) is 0 Å². The maximum Gasteiger partial charge on any atom is 0.295 e. The van der Waals surface area contributed by atoms with Crippen molar-refractivity contribution in [3.63, 3.8) is 0 Å². The number of nitro groups is 1. The molecule has 1 aromatic carbocycles. The van der Waals surface area contributed by atoms with E-state index in [-0.39, 0.29) is 12.3 Å². The van der Waals surface area contributed by atoms with Gasteiger partial charge in [-0.1, -0.05) is 0 Å². The van der Waals surface area contributed by atoms with Crippen molar-refractivity contribution >= 4 is 5.69 Å². The standard InChI is InChI=1S/C12H13N3O3/c1-8-5-11(12(15(17)18)6-9(8)2)14-4-3-10(7-16)13-14/h3-6,16H,7H2,1-2H3. The molecule has 0 bridgehead atoms. The topological polar surface area (TPSA) is 81.2 Å². The van der Waals surface area contributed by atoms with Crippen LogP contribution in [0.3, 0.4) is 0 Å². The molecule has 0 spiro atoms. The Hall–Kier alpha value is -2.21. The molecule has 2 rings (SSSR count). The predicted octanol–water partition coefficient (Wildman–Crippen LogP) is 1.89. The number of rotatable bonds is 3. The molecule has 6 nitrogen and oxygen atoms in total. The van der Waals surface area contributed by atoms with Crippen LogP contribution in [-0.4, -0.2) is 19.8 Å². The molecule has 0 atom stereocenters. The lowest BCUT2D eigenvalue weighted by atomic mass is 10.1. The maximum atomic E-state index is 11.1. The molecule has 1 N–H and O–H groups in total. The van der Waals surface area contributed by atoms with Crippen molar-refractivity contribution < 1.29 is 10.0 Å². The van der Waals surface area contributed by atoms with E-state index in [1.165, 1.54) is 10.7 Å². The molecule has 0 aliphatic rings.